The molecule has 0 aliphatic rings. The fraction of sp³-hybridized carbons (Fsp3) is 0.500. The number of carbonyl (C=O) groups excluding carboxylic acids is 1. The molecule has 0 fully saturated rings. The molecular formula is C12H18N2O2. The van der Waals surface area contributed by atoms with Gasteiger partial charge in [0.2, 0.25) is 11.5 Å². The van der Waals surface area contributed by atoms with Gasteiger partial charge in [-0.05, 0) is 5.56 Å². The minimum Gasteiger partial charge on any atom is -0.352 e. The molecule has 0 saturated carbocycles. The largest absolute Gasteiger partial charge is 0.352 e. The van der Waals surface area contributed by atoms with E-state index < -0.39 is 0 Å². The van der Waals surface area contributed by atoms with Crippen molar-refractivity contribution >= 4 is 5.91 Å². The van der Waals surface area contributed by atoms with Crippen molar-refractivity contribution in [3.05, 3.63) is 34.2 Å². The number of hydrogen-bond donors (Lipinski definition) is 1. The fourth-order valence-electron chi connectivity index (χ4n) is 1.20. The van der Waals surface area contributed by atoms with Gasteiger partial charge in [0.15, 0.2) is 0 Å². The topological polar surface area (TPSA) is 51.1 Å². The van der Waals surface area contributed by atoms with Gasteiger partial charge >= 0.3 is 0 Å². The summed E-state index contributed by atoms with van der Waals surface area (Å²) < 4.78 is 1.50. The highest BCUT2D eigenvalue weighted by molar-refractivity contribution is 5.81. The van der Waals surface area contributed by atoms with Gasteiger partial charge in [0.1, 0.15) is 0 Å². The number of aryl methyl sites for hydroxylation is 1. The average molecular weight is 222 g/mol. The Labute approximate surface area is 95.3 Å². The zero-order valence-corrected chi connectivity index (χ0v) is 10.2. The van der Waals surface area contributed by atoms with E-state index in [1.807, 2.05) is 20.8 Å². The summed E-state index contributed by atoms with van der Waals surface area (Å²) in [7, 11) is 1.69. The number of nitrogens with zero attached hydrogens (tertiary/aromatic N) is 1. The predicted octanol–water partition coefficient (Wildman–Crippen LogP) is 1.05. The molecule has 1 heterocycles. The van der Waals surface area contributed by atoms with E-state index in [1.54, 1.807) is 19.3 Å². The summed E-state index contributed by atoms with van der Waals surface area (Å²) in [5.41, 5.74) is 0.478. The van der Waals surface area contributed by atoms with Crippen molar-refractivity contribution in [2.24, 2.45) is 12.5 Å². The molecule has 1 aromatic heterocycles. The molecule has 0 aliphatic heterocycles. The first-order valence-electron chi connectivity index (χ1n) is 5.24. The summed E-state index contributed by atoms with van der Waals surface area (Å²) in [6.07, 6.45) is 1.73. The molecule has 1 aromatic rings. The lowest BCUT2D eigenvalue weighted by Crippen LogP contribution is -2.34. The Bertz CT molecular complexity index is 441. The minimum absolute atomic E-state index is 0.00125. The molecular weight excluding hydrogens is 204 g/mol. The number of carbonyl (C=O) groups is 1. The molecule has 0 aromatic carbocycles. The van der Waals surface area contributed by atoms with Crippen LogP contribution >= 0.6 is 0 Å². The second kappa shape index (κ2) is 4.51. The summed E-state index contributed by atoms with van der Waals surface area (Å²) in [6, 6.07) is 3.23. The zero-order valence-electron chi connectivity index (χ0n) is 10.2. The van der Waals surface area contributed by atoms with Gasteiger partial charge < -0.3 is 9.88 Å². The molecule has 0 atom stereocenters. The van der Waals surface area contributed by atoms with Crippen LogP contribution in [-0.4, -0.2) is 10.5 Å². The average Bonchev–Trinajstić information content (AvgIpc) is 2.18. The first-order chi connectivity index (χ1) is 7.30. The van der Waals surface area contributed by atoms with Crippen LogP contribution in [0.15, 0.2) is 23.1 Å². The standard InChI is InChI=1S/C12H18N2O2/c1-12(2,3)11(16)13-7-9-5-6-10(15)14(4)8-9/h5-6,8H,7H2,1-4H3,(H,13,16). The first-order valence-corrected chi connectivity index (χ1v) is 5.24. The third-order valence-corrected chi connectivity index (χ3v) is 2.28. The van der Waals surface area contributed by atoms with Crippen LogP contribution in [-0.2, 0) is 18.4 Å². The van der Waals surface area contributed by atoms with Gasteiger partial charge in [0.05, 0.1) is 0 Å². The normalized spacial score (nSPS) is 11.2. The van der Waals surface area contributed by atoms with Crippen molar-refractivity contribution in [1.29, 1.82) is 0 Å². The second-order valence-corrected chi connectivity index (χ2v) is 4.92. The minimum atomic E-state index is -0.388. The summed E-state index contributed by atoms with van der Waals surface area (Å²) >= 11 is 0. The molecule has 0 bridgehead atoms. The van der Waals surface area contributed by atoms with Crippen LogP contribution in [0.2, 0.25) is 0 Å². The molecule has 1 N–H and O–H groups in total. The van der Waals surface area contributed by atoms with Crippen molar-refractivity contribution in [2.75, 3.05) is 0 Å². The van der Waals surface area contributed by atoms with Crippen LogP contribution in [0, 0.1) is 5.41 Å². The van der Waals surface area contributed by atoms with Crippen molar-refractivity contribution in [1.82, 2.24) is 9.88 Å². The van der Waals surface area contributed by atoms with Gasteiger partial charge in [-0.1, -0.05) is 26.8 Å². The van der Waals surface area contributed by atoms with Crippen LogP contribution in [0.5, 0.6) is 0 Å². The molecule has 1 rings (SSSR count). The molecule has 0 radical (unpaired) electrons. The van der Waals surface area contributed by atoms with Crippen molar-refractivity contribution < 1.29 is 4.79 Å². The first kappa shape index (κ1) is 12.5. The van der Waals surface area contributed by atoms with E-state index in [1.165, 1.54) is 10.6 Å². The zero-order chi connectivity index (χ0) is 12.3. The lowest BCUT2D eigenvalue weighted by Gasteiger charge is -2.17. The van der Waals surface area contributed by atoms with Gasteiger partial charge in [0, 0.05) is 31.3 Å². The van der Waals surface area contributed by atoms with Crippen LogP contribution in [0.4, 0.5) is 0 Å². The molecule has 4 nitrogen and oxygen atoms in total. The quantitative estimate of drug-likeness (QED) is 0.813. The number of aromatic nitrogens is 1. The van der Waals surface area contributed by atoms with E-state index >= 15 is 0 Å². The summed E-state index contributed by atoms with van der Waals surface area (Å²) in [5, 5.41) is 2.83. The summed E-state index contributed by atoms with van der Waals surface area (Å²) in [5.74, 6) is 0.00125. The smallest absolute Gasteiger partial charge is 0.250 e. The molecule has 0 unspecified atom stereocenters. The van der Waals surface area contributed by atoms with Gasteiger partial charge in [-0.3, -0.25) is 9.59 Å². The number of nitrogens with one attached hydrogen (secondary N) is 1. The molecule has 0 saturated heterocycles. The van der Waals surface area contributed by atoms with E-state index in [4.69, 9.17) is 0 Å². The second-order valence-electron chi connectivity index (χ2n) is 4.92. The highest BCUT2D eigenvalue weighted by Crippen LogP contribution is 2.12. The highest BCUT2D eigenvalue weighted by atomic mass is 16.2. The van der Waals surface area contributed by atoms with Crippen molar-refractivity contribution in [3.8, 4) is 0 Å². The number of amides is 1. The molecule has 88 valence electrons. The Morgan fingerprint density at radius 2 is 2.00 bits per heavy atom. The Balaban J connectivity index is 2.66. The lowest BCUT2D eigenvalue weighted by atomic mass is 9.96. The Morgan fingerprint density at radius 3 is 2.50 bits per heavy atom. The van der Waals surface area contributed by atoms with Gasteiger partial charge in [-0.25, -0.2) is 0 Å². The fourth-order valence-corrected chi connectivity index (χ4v) is 1.20. The Hall–Kier alpha value is -1.58. The number of pyridine rings is 1. The number of hydrogen-bond acceptors (Lipinski definition) is 2. The van der Waals surface area contributed by atoms with E-state index in [9.17, 15) is 9.59 Å². The lowest BCUT2D eigenvalue weighted by molar-refractivity contribution is -0.128. The van der Waals surface area contributed by atoms with E-state index in [2.05, 4.69) is 5.32 Å². The maximum atomic E-state index is 11.6. The van der Waals surface area contributed by atoms with E-state index in [0.29, 0.717) is 6.54 Å². The molecule has 0 spiro atoms. The summed E-state index contributed by atoms with van der Waals surface area (Å²) in [6.45, 7) is 6.04. The molecule has 1 amide bonds. The van der Waals surface area contributed by atoms with Crippen LogP contribution in [0.25, 0.3) is 0 Å². The van der Waals surface area contributed by atoms with Crippen LogP contribution in [0.1, 0.15) is 26.3 Å². The predicted molar refractivity (Wildman–Crippen MR) is 63.0 cm³/mol. The van der Waals surface area contributed by atoms with Crippen LogP contribution in [0.3, 0.4) is 0 Å². The number of rotatable bonds is 2. The van der Waals surface area contributed by atoms with Gasteiger partial charge in [0.25, 0.3) is 0 Å². The van der Waals surface area contributed by atoms with Gasteiger partial charge in [-0.2, -0.15) is 0 Å². The third kappa shape index (κ3) is 3.22. The van der Waals surface area contributed by atoms with E-state index in [0.717, 1.165) is 5.56 Å². The van der Waals surface area contributed by atoms with Crippen molar-refractivity contribution in [2.45, 2.75) is 27.3 Å². The molecule has 0 aliphatic carbocycles. The van der Waals surface area contributed by atoms with Crippen LogP contribution < -0.4 is 10.9 Å². The third-order valence-electron chi connectivity index (χ3n) is 2.28. The summed E-state index contributed by atoms with van der Waals surface area (Å²) in [4.78, 5) is 22.8. The van der Waals surface area contributed by atoms with E-state index in [-0.39, 0.29) is 16.9 Å². The SMILES string of the molecule is Cn1cc(CNC(=O)C(C)(C)C)ccc1=O. The molecule has 16 heavy (non-hydrogen) atoms. The maximum absolute atomic E-state index is 11.6. The maximum Gasteiger partial charge on any atom is 0.250 e. The molecule has 4 heteroatoms. The van der Waals surface area contributed by atoms with Gasteiger partial charge in [-0.15, -0.1) is 0 Å². The Morgan fingerprint density at radius 1 is 1.38 bits per heavy atom. The highest BCUT2D eigenvalue weighted by Gasteiger charge is 2.20. The van der Waals surface area contributed by atoms with Crippen molar-refractivity contribution in [3.63, 3.8) is 0 Å². The Kier molecular flexibility index (Phi) is 3.52. The monoisotopic (exact) mass is 222 g/mol.